The van der Waals surface area contributed by atoms with Crippen molar-refractivity contribution in [1.82, 2.24) is 10.2 Å². The third-order valence-corrected chi connectivity index (χ3v) is 1.25. The highest BCUT2D eigenvalue weighted by Gasteiger charge is 2.29. The van der Waals surface area contributed by atoms with Crippen molar-refractivity contribution in [3.63, 3.8) is 0 Å². The molecule has 0 saturated heterocycles. The lowest BCUT2D eigenvalue weighted by atomic mass is 9.86. The van der Waals surface area contributed by atoms with Gasteiger partial charge in [0.2, 0.25) is 0 Å². The van der Waals surface area contributed by atoms with E-state index < -0.39 is 12.6 Å². The molecular formula is C3H2BClF3N2-. The number of nitrogens with one attached hydrogen (secondary N) is 1. The van der Waals surface area contributed by atoms with Crippen LogP contribution in [0.15, 0.2) is 6.20 Å². The predicted molar refractivity (Wildman–Crippen MR) is 32.3 cm³/mol. The van der Waals surface area contributed by atoms with E-state index in [1.54, 1.807) is 5.10 Å². The quantitative estimate of drug-likeness (QED) is 0.627. The van der Waals surface area contributed by atoms with Gasteiger partial charge in [-0.25, -0.2) is 0 Å². The summed E-state index contributed by atoms with van der Waals surface area (Å²) < 4.78 is 35.4. The van der Waals surface area contributed by atoms with E-state index in [0.717, 1.165) is 6.20 Å². The largest absolute Gasteiger partial charge is 0.528 e. The molecular weight excluding hydrogens is 167 g/mol. The molecule has 1 aromatic rings. The van der Waals surface area contributed by atoms with Crippen molar-refractivity contribution in [2.75, 3.05) is 0 Å². The molecule has 0 aliphatic carbocycles. The highest BCUT2D eigenvalue weighted by atomic mass is 35.5. The summed E-state index contributed by atoms with van der Waals surface area (Å²) in [5, 5.41) is 4.51. The second-order valence-corrected chi connectivity index (χ2v) is 2.11. The van der Waals surface area contributed by atoms with Crippen molar-refractivity contribution >= 4 is 24.2 Å². The molecule has 0 aliphatic rings. The second-order valence-electron chi connectivity index (χ2n) is 1.71. The number of aromatic amines is 1. The second kappa shape index (κ2) is 2.19. The molecule has 10 heavy (non-hydrogen) atoms. The molecule has 0 bridgehead atoms. The van der Waals surface area contributed by atoms with E-state index in [9.17, 15) is 12.9 Å². The molecule has 1 heterocycles. The molecule has 1 aromatic heterocycles. The first kappa shape index (κ1) is 7.46. The van der Waals surface area contributed by atoms with Crippen molar-refractivity contribution in [3.05, 3.63) is 11.2 Å². The van der Waals surface area contributed by atoms with Gasteiger partial charge in [0.05, 0.1) is 11.2 Å². The molecule has 0 spiro atoms. The summed E-state index contributed by atoms with van der Waals surface area (Å²) in [6, 6.07) is 0. The Morgan fingerprint density at radius 3 is 2.30 bits per heavy atom. The minimum atomic E-state index is -5.04. The highest BCUT2D eigenvalue weighted by molar-refractivity contribution is 6.75. The monoisotopic (exact) mass is 169 g/mol. The normalized spacial score (nSPS) is 12.0. The summed E-state index contributed by atoms with van der Waals surface area (Å²) in [7, 11) is 0. The summed E-state index contributed by atoms with van der Waals surface area (Å²) in [5.41, 5.74) is -0.943. The SMILES string of the molecule is F[B-](F)(F)c1[nH]ncc1Cl. The number of hydrogen-bond donors (Lipinski definition) is 1. The molecule has 0 amide bonds. The summed E-state index contributed by atoms with van der Waals surface area (Å²) in [6.07, 6.45) is 0.923. The van der Waals surface area contributed by atoms with E-state index in [1.165, 1.54) is 0 Å². The van der Waals surface area contributed by atoms with Gasteiger partial charge in [-0.05, 0) is 5.59 Å². The van der Waals surface area contributed by atoms with E-state index in [4.69, 9.17) is 11.6 Å². The molecule has 56 valence electrons. The Morgan fingerprint density at radius 1 is 1.50 bits per heavy atom. The van der Waals surface area contributed by atoms with Crippen molar-refractivity contribution in [2.24, 2.45) is 0 Å². The van der Waals surface area contributed by atoms with Crippen molar-refractivity contribution in [3.8, 4) is 0 Å². The topological polar surface area (TPSA) is 28.7 Å². The maximum Gasteiger partial charge on any atom is 0.528 e. The number of rotatable bonds is 1. The van der Waals surface area contributed by atoms with Crippen LogP contribution in [0.3, 0.4) is 0 Å². The number of nitrogens with zero attached hydrogens (tertiary/aromatic N) is 1. The van der Waals surface area contributed by atoms with Gasteiger partial charge in [-0.2, -0.15) is 5.10 Å². The fraction of sp³-hybridized carbons (Fsp3) is 0. The zero-order valence-corrected chi connectivity index (χ0v) is 5.37. The maximum absolute atomic E-state index is 11.8. The van der Waals surface area contributed by atoms with E-state index >= 15 is 0 Å². The van der Waals surface area contributed by atoms with Crippen molar-refractivity contribution in [1.29, 1.82) is 0 Å². The molecule has 0 aliphatic heterocycles. The average Bonchev–Trinajstić information content (AvgIpc) is 2.11. The first-order valence-corrected chi connectivity index (χ1v) is 2.78. The Hall–Kier alpha value is -0.645. The standard InChI is InChI=1S/C3H2BClF3N2/c5-2-1-9-10-3(2)4(6,7)8/h1H,(H,9,10)/q-1. The molecule has 0 atom stereocenters. The lowest BCUT2D eigenvalue weighted by Gasteiger charge is -2.10. The van der Waals surface area contributed by atoms with E-state index in [-0.39, 0.29) is 5.02 Å². The fourth-order valence-corrected chi connectivity index (χ4v) is 0.726. The number of aromatic nitrogens is 2. The van der Waals surface area contributed by atoms with Crippen molar-refractivity contribution < 1.29 is 12.9 Å². The molecule has 1 N–H and O–H groups in total. The molecule has 2 nitrogen and oxygen atoms in total. The maximum atomic E-state index is 11.8. The van der Waals surface area contributed by atoms with Crippen LogP contribution in [0.5, 0.6) is 0 Å². The first-order chi connectivity index (χ1) is 4.52. The zero-order valence-electron chi connectivity index (χ0n) is 4.61. The Labute approximate surface area is 59.4 Å². The summed E-state index contributed by atoms with van der Waals surface area (Å²) in [6.45, 7) is -5.04. The lowest BCUT2D eigenvalue weighted by molar-refractivity contribution is 0.498. The van der Waals surface area contributed by atoms with Gasteiger partial charge >= 0.3 is 6.98 Å². The Balaban J connectivity index is 3.05. The molecule has 0 radical (unpaired) electrons. The van der Waals surface area contributed by atoms with E-state index in [0.29, 0.717) is 0 Å². The highest BCUT2D eigenvalue weighted by Crippen LogP contribution is 2.12. The summed E-state index contributed by atoms with van der Waals surface area (Å²) >= 11 is 5.13. The van der Waals surface area contributed by atoms with Crippen LogP contribution in [0.1, 0.15) is 0 Å². The molecule has 0 saturated carbocycles. The molecule has 7 heteroatoms. The average molecular weight is 169 g/mol. The smallest absolute Gasteiger partial charge is 0.444 e. The minimum Gasteiger partial charge on any atom is -0.444 e. The Bertz CT molecular complexity index is 232. The van der Waals surface area contributed by atoms with Crippen LogP contribution < -0.4 is 5.59 Å². The number of halogens is 4. The molecule has 0 unspecified atom stereocenters. The van der Waals surface area contributed by atoms with Gasteiger partial charge < -0.3 is 18.0 Å². The number of hydrogen-bond acceptors (Lipinski definition) is 1. The van der Waals surface area contributed by atoms with Gasteiger partial charge in [0.1, 0.15) is 0 Å². The van der Waals surface area contributed by atoms with Gasteiger partial charge in [-0.3, -0.25) is 0 Å². The van der Waals surface area contributed by atoms with Crippen LogP contribution in [0.2, 0.25) is 5.02 Å². The van der Waals surface area contributed by atoms with Gasteiger partial charge in [-0.1, -0.05) is 11.6 Å². The van der Waals surface area contributed by atoms with Gasteiger partial charge in [0, 0.05) is 0 Å². The van der Waals surface area contributed by atoms with Gasteiger partial charge in [0.15, 0.2) is 0 Å². The van der Waals surface area contributed by atoms with Gasteiger partial charge in [-0.15, -0.1) is 0 Å². The van der Waals surface area contributed by atoms with Crippen LogP contribution in [-0.4, -0.2) is 17.2 Å². The van der Waals surface area contributed by atoms with Crippen LogP contribution in [-0.2, 0) is 0 Å². The third-order valence-electron chi connectivity index (χ3n) is 0.948. The Kier molecular flexibility index (Phi) is 1.64. The van der Waals surface area contributed by atoms with Gasteiger partial charge in [0.25, 0.3) is 0 Å². The Morgan fingerprint density at radius 2 is 2.10 bits per heavy atom. The molecule has 1 rings (SSSR count). The fourth-order valence-electron chi connectivity index (χ4n) is 0.511. The third kappa shape index (κ3) is 1.26. The van der Waals surface area contributed by atoms with Crippen LogP contribution >= 0.6 is 11.6 Å². The van der Waals surface area contributed by atoms with E-state index in [1.807, 2.05) is 0 Å². The van der Waals surface area contributed by atoms with Crippen LogP contribution in [0.4, 0.5) is 12.9 Å². The molecule has 0 aromatic carbocycles. The summed E-state index contributed by atoms with van der Waals surface area (Å²) in [5.74, 6) is 0. The van der Waals surface area contributed by atoms with E-state index in [2.05, 4.69) is 5.10 Å². The van der Waals surface area contributed by atoms with Crippen LogP contribution in [0.25, 0.3) is 0 Å². The molecule has 0 fully saturated rings. The summed E-state index contributed by atoms with van der Waals surface area (Å²) in [4.78, 5) is 0. The predicted octanol–water partition coefficient (Wildman–Crippen LogP) is 1.12. The van der Waals surface area contributed by atoms with Crippen molar-refractivity contribution in [2.45, 2.75) is 0 Å². The van der Waals surface area contributed by atoms with Crippen LogP contribution in [0, 0.1) is 0 Å². The zero-order chi connectivity index (χ0) is 7.78. The lowest BCUT2D eigenvalue weighted by Crippen LogP contribution is -2.35. The minimum absolute atomic E-state index is 0.382. The first-order valence-electron chi connectivity index (χ1n) is 2.40. The number of H-pyrrole nitrogens is 1.